The molecule has 42 heavy (non-hydrogen) atoms. The maximum absolute atomic E-state index is 13.0. The number of para-hydroxylation sites is 1. The van der Waals surface area contributed by atoms with E-state index < -0.39 is 15.3 Å². The molecule has 5 heterocycles. The largest absolute Gasteiger partial charge is 0.370 e. The highest BCUT2D eigenvalue weighted by atomic mass is 35.5. The van der Waals surface area contributed by atoms with Crippen molar-refractivity contribution in [1.82, 2.24) is 23.7 Å². The summed E-state index contributed by atoms with van der Waals surface area (Å²) in [7, 11) is -1.34. The number of benzene rings is 2. The van der Waals surface area contributed by atoms with Gasteiger partial charge < -0.3 is 15.1 Å². The van der Waals surface area contributed by atoms with Gasteiger partial charge in [0.2, 0.25) is 16.0 Å². The first-order chi connectivity index (χ1) is 20.2. The van der Waals surface area contributed by atoms with Gasteiger partial charge in [-0.15, -0.1) is 0 Å². The fraction of sp³-hybridized carbons (Fsp3) is 0.400. The highest BCUT2D eigenvalue weighted by Crippen LogP contribution is 2.44. The number of nitrogens with one attached hydrogen (secondary N) is 1. The first kappa shape index (κ1) is 27.9. The van der Waals surface area contributed by atoms with E-state index in [1.807, 2.05) is 36.4 Å². The number of nitrogens with zero attached hydrogens (tertiary/aromatic N) is 6. The Morgan fingerprint density at radius 2 is 1.74 bits per heavy atom. The molecule has 1 unspecified atom stereocenters. The second-order valence-corrected chi connectivity index (χ2v) is 14.5. The van der Waals surface area contributed by atoms with E-state index in [1.165, 1.54) is 10.2 Å². The van der Waals surface area contributed by atoms with Crippen LogP contribution in [0.3, 0.4) is 0 Å². The summed E-state index contributed by atoms with van der Waals surface area (Å²) in [6.45, 7) is 8.27. The van der Waals surface area contributed by atoms with Crippen LogP contribution in [0.4, 0.5) is 17.3 Å². The lowest BCUT2D eigenvalue weighted by molar-refractivity contribution is 0.0982. The van der Waals surface area contributed by atoms with Crippen LogP contribution >= 0.6 is 23.2 Å². The molecule has 12 heteroatoms. The minimum atomic E-state index is -3.53. The van der Waals surface area contributed by atoms with Crippen LogP contribution in [-0.2, 0) is 10.0 Å². The van der Waals surface area contributed by atoms with Gasteiger partial charge in [0.05, 0.1) is 33.1 Å². The van der Waals surface area contributed by atoms with Gasteiger partial charge in [-0.25, -0.2) is 22.4 Å². The van der Waals surface area contributed by atoms with Crippen LogP contribution in [0.1, 0.15) is 30.6 Å². The van der Waals surface area contributed by atoms with Crippen molar-refractivity contribution in [3.05, 3.63) is 64.4 Å². The first-order valence-corrected chi connectivity index (χ1v) is 16.6. The van der Waals surface area contributed by atoms with Crippen molar-refractivity contribution in [3.8, 4) is 11.3 Å². The summed E-state index contributed by atoms with van der Waals surface area (Å²) in [5.74, 6) is 0.344. The van der Waals surface area contributed by atoms with Crippen molar-refractivity contribution in [1.29, 1.82) is 0 Å². The number of piperazine rings is 1. The number of hydrogen-bond donors (Lipinski definition) is 1. The number of likely N-dealkylation sites (N-methyl/N-ethyl adjacent to an activating group) is 1. The smallest absolute Gasteiger partial charge is 0.245 e. The molecule has 3 aliphatic rings. The summed E-state index contributed by atoms with van der Waals surface area (Å²) in [5.41, 5.74) is 4.36. The quantitative estimate of drug-likeness (QED) is 0.306. The number of piperidine rings is 1. The van der Waals surface area contributed by atoms with Crippen molar-refractivity contribution in [2.75, 3.05) is 56.5 Å². The van der Waals surface area contributed by atoms with E-state index in [-0.39, 0.29) is 0 Å². The monoisotopic (exact) mass is 625 g/mol. The molecule has 4 aromatic rings. The van der Waals surface area contributed by atoms with E-state index in [0.29, 0.717) is 38.8 Å². The van der Waals surface area contributed by atoms with E-state index in [2.05, 4.69) is 32.0 Å². The zero-order valence-electron chi connectivity index (χ0n) is 23.6. The van der Waals surface area contributed by atoms with Gasteiger partial charge >= 0.3 is 0 Å². The van der Waals surface area contributed by atoms with Gasteiger partial charge in [-0.05, 0) is 50.6 Å². The molecule has 0 aliphatic carbocycles. The third-order valence-corrected chi connectivity index (χ3v) is 11.6. The van der Waals surface area contributed by atoms with Crippen molar-refractivity contribution < 1.29 is 8.42 Å². The normalized spacial score (nSPS) is 21.3. The molecule has 0 spiro atoms. The van der Waals surface area contributed by atoms with E-state index in [0.717, 1.165) is 74.4 Å². The molecule has 1 atom stereocenters. The van der Waals surface area contributed by atoms with Crippen molar-refractivity contribution in [3.63, 3.8) is 0 Å². The lowest BCUT2D eigenvalue weighted by Crippen LogP contribution is -2.52. The Labute approximate surface area is 256 Å². The number of rotatable bonds is 5. The molecular formula is C30H33Cl2N7O2S. The topological polar surface area (TPSA) is 86.6 Å². The minimum Gasteiger partial charge on any atom is -0.370 e. The molecule has 0 saturated carbocycles. The summed E-state index contributed by atoms with van der Waals surface area (Å²) in [4.78, 5) is 16.5. The molecule has 2 saturated heterocycles. The number of halogens is 2. The molecule has 0 bridgehead atoms. The van der Waals surface area contributed by atoms with Crippen molar-refractivity contribution >= 4 is 61.5 Å². The third kappa shape index (κ3) is 4.73. The highest BCUT2D eigenvalue weighted by molar-refractivity contribution is 7.90. The average Bonchev–Trinajstić information content (AvgIpc) is 3.47. The van der Waals surface area contributed by atoms with Gasteiger partial charge in [0.1, 0.15) is 5.25 Å². The number of aromatic nitrogens is 3. The van der Waals surface area contributed by atoms with Crippen LogP contribution < -0.4 is 10.2 Å². The third-order valence-electron chi connectivity index (χ3n) is 9.05. The van der Waals surface area contributed by atoms with Gasteiger partial charge in [-0.1, -0.05) is 41.4 Å². The molecular weight excluding hydrogens is 593 g/mol. The SMILES string of the molecule is CC1c2cccc3c(-c4nc(Nc5ccc(N6CCC(N7CCN(C)CC7)CC6)c(Cl)c5)ncc4Cl)cn(c23)S1(=O)=O. The van der Waals surface area contributed by atoms with Gasteiger partial charge in [0.15, 0.2) is 0 Å². The number of anilines is 3. The standard InChI is InChI=1S/C30H33Cl2N7O2S/c1-19-22-4-3-5-23-24(18-39(29(22)23)42(19,40)41)28-26(32)17-33-30(35-28)34-20-6-7-27(25(31)16-20)38-10-8-21(9-11-38)37-14-12-36(2)13-15-37/h3-7,16-19,21H,8-15H2,1-2H3,(H,33,34,35). The van der Waals surface area contributed by atoms with E-state index in [9.17, 15) is 8.42 Å². The van der Waals surface area contributed by atoms with Crippen LogP contribution in [0.5, 0.6) is 0 Å². The summed E-state index contributed by atoms with van der Waals surface area (Å²) < 4.78 is 27.4. The lowest BCUT2D eigenvalue weighted by atomic mass is 10.0. The fourth-order valence-corrected chi connectivity index (χ4v) is 8.62. The maximum Gasteiger partial charge on any atom is 0.245 e. The molecule has 2 aromatic heterocycles. The van der Waals surface area contributed by atoms with E-state index in [1.54, 1.807) is 13.1 Å². The van der Waals surface area contributed by atoms with Crippen molar-refractivity contribution in [2.24, 2.45) is 0 Å². The summed E-state index contributed by atoms with van der Waals surface area (Å²) in [6, 6.07) is 12.2. The molecule has 220 valence electrons. The van der Waals surface area contributed by atoms with Gasteiger partial charge in [-0.3, -0.25) is 4.90 Å². The first-order valence-electron chi connectivity index (χ1n) is 14.4. The Hall–Kier alpha value is -2.89. The zero-order valence-corrected chi connectivity index (χ0v) is 25.9. The summed E-state index contributed by atoms with van der Waals surface area (Å²) in [5, 5.41) is 4.45. The lowest BCUT2D eigenvalue weighted by Gasteiger charge is -2.42. The van der Waals surface area contributed by atoms with Gasteiger partial charge in [0.25, 0.3) is 0 Å². The average molecular weight is 627 g/mol. The zero-order chi connectivity index (χ0) is 29.2. The van der Waals surface area contributed by atoms with Crippen molar-refractivity contribution in [2.45, 2.75) is 31.1 Å². The van der Waals surface area contributed by atoms with Crippen LogP contribution in [0.15, 0.2) is 48.8 Å². The molecule has 9 nitrogen and oxygen atoms in total. The molecule has 7 rings (SSSR count). The molecule has 2 fully saturated rings. The second kappa shape index (κ2) is 10.7. The Morgan fingerprint density at radius 3 is 2.48 bits per heavy atom. The van der Waals surface area contributed by atoms with Gasteiger partial charge in [0, 0.05) is 68.1 Å². The molecule has 0 radical (unpaired) electrons. The molecule has 3 aliphatic heterocycles. The summed E-state index contributed by atoms with van der Waals surface area (Å²) in [6.07, 6.45) is 5.42. The van der Waals surface area contributed by atoms with Gasteiger partial charge in [-0.2, -0.15) is 0 Å². The Bertz CT molecular complexity index is 1780. The van der Waals surface area contributed by atoms with E-state index in [4.69, 9.17) is 28.2 Å². The fourth-order valence-electron chi connectivity index (χ4n) is 6.57. The predicted octanol–water partition coefficient (Wildman–Crippen LogP) is 5.62. The molecule has 2 aromatic carbocycles. The maximum atomic E-state index is 13.0. The highest BCUT2D eigenvalue weighted by Gasteiger charge is 2.36. The van der Waals surface area contributed by atoms with Crippen LogP contribution in [0, 0.1) is 0 Å². The summed E-state index contributed by atoms with van der Waals surface area (Å²) >= 11 is 13.3. The van der Waals surface area contributed by atoms with E-state index >= 15 is 0 Å². The number of hydrogen-bond acceptors (Lipinski definition) is 8. The Balaban J connectivity index is 1.09. The second-order valence-electron chi connectivity index (χ2n) is 11.5. The van der Waals surface area contributed by atoms with Crippen LogP contribution in [-0.4, -0.2) is 84.5 Å². The Morgan fingerprint density at radius 1 is 0.976 bits per heavy atom. The van der Waals surface area contributed by atoms with Crippen LogP contribution in [0.25, 0.3) is 22.2 Å². The minimum absolute atomic E-state index is 0.337. The van der Waals surface area contributed by atoms with Crippen LogP contribution in [0.2, 0.25) is 10.0 Å². The molecule has 0 amide bonds. The molecule has 1 N–H and O–H groups in total. The Kier molecular flexibility index (Phi) is 7.10. The predicted molar refractivity (Wildman–Crippen MR) is 170 cm³/mol.